The second kappa shape index (κ2) is 8.02. The summed E-state index contributed by atoms with van der Waals surface area (Å²) >= 11 is 1.69. The Kier molecular flexibility index (Phi) is 6.68. The average Bonchev–Trinajstić information content (AvgIpc) is 2.90. The Hall–Kier alpha value is -1.56. The molecule has 6 heteroatoms. The first-order valence-corrected chi connectivity index (χ1v) is 8.00. The fourth-order valence-electron chi connectivity index (χ4n) is 1.73. The van der Waals surface area contributed by atoms with Crippen LogP contribution in [-0.4, -0.2) is 44.0 Å². The van der Waals surface area contributed by atoms with Crippen LogP contribution in [0.3, 0.4) is 0 Å². The monoisotopic (exact) mass is 310 g/mol. The highest BCUT2D eigenvalue weighted by atomic mass is 32.1. The number of amides is 1. The lowest BCUT2D eigenvalue weighted by Crippen LogP contribution is -2.43. The van der Waals surface area contributed by atoms with Crippen molar-refractivity contribution in [3.8, 4) is 0 Å². The lowest BCUT2D eigenvalue weighted by atomic mass is 9.96. The first-order valence-electron chi connectivity index (χ1n) is 7.05. The van der Waals surface area contributed by atoms with Crippen molar-refractivity contribution in [3.05, 3.63) is 22.4 Å². The molecule has 1 heterocycles. The fourth-order valence-corrected chi connectivity index (χ4v) is 2.39. The molecule has 0 unspecified atom stereocenters. The fraction of sp³-hybridized carbons (Fsp3) is 0.600. The number of thiophene rings is 1. The molecule has 0 fully saturated rings. The van der Waals surface area contributed by atoms with Crippen LogP contribution in [0.1, 0.15) is 26.3 Å². The summed E-state index contributed by atoms with van der Waals surface area (Å²) in [5.41, 5.74) is 0.920. The van der Waals surface area contributed by atoms with E-state index in [0.29, 0.717) is 13.1 Å². The molecule has 0 bridgehead atoms. The molecule has 1 rings (SSSR count). The lowest BCUT2D eigenvalue weighted by molar-refractivity contribution is -0.128. The average molecular weight is 310 g/mol. The molecule has 1 aromatic heterocycles. The van der Waals surface area contributed by atoms with Crippen LogP contribution in [0.25, 0.3) is 0 Å². The number of nitrogens with one attached hydrogen (secondary N) is 2. The van der Waals surface area contributed by atoms with E-state index in [-0.39, 0.29) is 11.3 Å². The Morgan fingerprint density at radius 2 is 2.00 bits per heavy atom. The number of guanidine groups is 1. The molecule has 0 radical (unpaired) electrons. The second-order valence-corrected chi connectivity index (χ2v) is 6.75. The van der Waals surface area contributed by atoms with Crippen LogP contribution in [0.5, 0.6) is 0 Å². The second-order valence-electron chi connectivity index (χ2n) is 5.97. The van der Waals surface area contributed by atoms with Gasteiger partial charge in [0.25, 0.3) is 0 Å². The largest absolute Gasteiger partial charge is 0.354 e. The Morgan fingerprint density at radius 1 is 1.33 bits per heavy atom. The van der Waals surface area contributed by atoms with Crippen LogP contribution in [0.2, 0.25) is 0 Å². The van der Waals surface area contributed by atoms with Crippen molar-refractivity contribution in [2.45, 2.75) is 27.3 Å². The molecule has 0 atom stereocenters. The third-order valence-electron chi connectivity index (χ3n) is 2.95. The van der Waals surface area contributed by atoms with Gasteiger partial charge < -0.3 is 15.5 Å². The van der Waals surface area contributed by atoms with Gasteiger partial charge in [0.15, 0.2) is 5.96 Å². The van der Waals surface area contributed by atoms with Gasteiger partial charge in [-0.3, -0.25) is 9.79 Å². The zero-order chi connectivity index (χ0) is 15.9. The van der Waals surface area contributed by atoms with Gasteiger partial charge >= 0.3 is 0 Å². The maximum absolute atomic E-state index is 11.7. The van der Waals surface area contributed by atoms with E-state index in [1.54, 1.807) is 18.4 Å². The number of carbonyl (C=O) groups is 1. The summed E-state index contributed by atoms with van der Waals surface area (Å²) in [6.45, 7) is 7.78. The summed E-state index contributed by atoms with van der Waals surface area (Å²) in [7, 11) is 3.76. The van der Waals surface area contributed by atoms with Crippen LogP contribution in [-0.2, 0) is 11.3 Å². The molecule has 1 amide bonds. The smallest absolute Gasteiger partial charge is 0.225 e. The van der Waals surface area contributed by atoms with Crippen molar-refractivity contribution in [1.82, 2.24) is 15.5 Å². The number of nitrogens with zero attached hydrogens (tertiary/aromatic N) is 2. The van der Waals surface area contributed by atoms with E-state index in [1.807, 2.05) is 27.8 Å². The maximum atomic E-state index is 11.7. The van der Waals surface area contributed by atoms with Crippen LogP contribution in [0.4, 0.5) is 0 Å². The normalized spacial score (nSPS) is 12.1. The third-order valence-corrected chi connectivity index (χ3v) is 3.68. The number of hydrogen-bond acceptors (Lipinski definition) is 3. The molecule has 0 spiro atoms. The van der Waals surface area contributed by atoms with E-state index in [9.17, 15) is 4.79 Å². The maximum Gasteiger partial charge on any atom is 0.225 e. The van der Waals surface area contributed by atoms with Crippen molar-refractivity contribution >= 4 is 23.2 Å². The summed E-state index contributed by atoms with van der Waals surface area (Å²) in [4.78, 5) is 18.1. The Labute approximate surface area is 131 Å². The molecule has 1 aromatic rings. The SMILES string of the molecule is CN=C(NCCNC(=O)C(C)(C)C)N(C)Cc1ccsc1. The molecule has 118 valence electrons. The molecule has 0 saturated heterocycles. The zero-order valence-electron chi connectivity index (χ0n) is 13.6. The number of rotatable bonds is 5. The van der Waals surface area contributed by atoms with Crippen LogP contribution >= 0.6 is 11.3 Å². The van der Waals surface area contributed by atoms with Gasteiger partial charge in [-0.15, -0.1) is 0 Å². The summed E-state index contributed by atoms with van der Waals surface area (Å²) in [5.74, 6) is 0.886. The van der Waals surface area contributed by atoms with Crippen molar-refractivity contribution in [2.75, 3.05) is 27.2 Å². The van der Waals surface area contributed by atoms with Gasteiger partial charge in [0.05, 0.1) is 0 Å². The molecular formula is C15H26N4OS. The van der Waals surface area contributed by atoms with Gasteiger partial charge in [-0.25, -0.2) is 0 Å². The summed E-state index contributed by atoms with van der Waals surface area (Å²) < 4.78 is 0. The minimum Gasteiger partial charge on any atom is -0.354 e. The van der Waals surface area contributed by atoms with Crippen LogP contribution in [0, 0.1) is 5.41 Å². The highest BCUT2D eigenvalue weighted by Crippen LogP contribution is 2.11. The van der Waals surface area contributed by atoms with Gasteiger partial charge in [-0.05, 0) is 22.4 Å². The van der Waals surface area contributed by atoms with Crippen LogP contribution in [0.15, 0.2) is 21.8 Å². The quantitative estimate of drug-likeness (QED) is 0.496. The molecule has 21 heavy (non-hydrogen) atoms. The highest BCUT2D eigenvalue weighted by molar-refractivity contribution is 7.07. The minimum absolute atomic E-state index is 0.0610. The van der Waals surface area contributed by atoms with E-state index in [0.717, 1.165) is 12.5 Å². The van der Waals surface area contributed by atoms with E-state index < -0.39 is 0 Å². The number of carbonyl (C=O) groups excluding carboxylic acids is 1. The van der Waals surface area contributed by atoms with E-state index in [4.69, 9.17) is 0 Å². The lowest BCUT2D eigenvalue weighted by Gasteiger charge is -2.22. The molecule has 0 aliphatic heterocycles. The number of hydrogen-bond donors (Lipinski definition) is 2. The zero-order valence-corrected chi connectivity index (χ0v) is 14.4. The number of aliphatic imine (C=N–C) groups is 1. The van der Waals surface area contributed by atoms with Crippen molar-refractivity contribution in [1.29, 1.82) is 0 Å². The highest BCUT2D eigenvalue weighted by Gasteiger charge is 2.20. The minimum atomic E-state index is -0.350. The third kappa shape index (κ3) is 6.16. The Morgan fingerprint density at radius 3 is 2.52 bits per heavy atom. The van der Waals surface area contributed by atoms with Gasteiger partial charge in [0.2, 0.25) is 5.91 Å². The van der Waals surface area contributed by atoms with E-state index in [2.05, 4.69) is 37.4 Å². The van der Waals surface area contributed by atoms with Gasteiger partial charge in [-0.2, -0.15) is 11.3 Å². The van der Waals surface area contributed by atoms with Crippen LogP contribution < -0.4 is 10.6 Å². The first kappa shape index (κ1) is 17.5. The van der Waals surface area contributed by atoms with Gasteiger partial charge in [0, 0.05) is 39.1 Å². The molecule has 0 aliphatic carbocycles. The Bertz CT molecular complexity index is 463. The van der Waals surface area contributed by atoms with Gasteiger partial charge in [-0.1, -0.05) is 20.8 Å². The summed E-state index contributed by atoms with van der Waals surface area (Å²) in [6.07, 6.45) is 0. The Balaban J connectivity index is 2.33. The van der Waals surface area contributed by atoms with E-state index >= 15 is 0 Å². The predicted molar refractivity (Wildman–Crippen MR) is 89.6 cm³/mol. The molecule has 5 nitrogen and oxygen atoms in total. The molecule has 0 aromatic carbocycles. The topological polar surface area (TPSA) is 56.7 Å². The molecule has 2 N–H and O–H groups in total. The van der Waals surface area contributed by atoms with Crippen molar-refractivity contribution in [2.24, 2.45) is 10.4 Å². The summed E-state index contributed by atoms with van der Waals surface area (Å²) in [6, 6.07) is 2.11. The molecule has 0 aliphatic rings. The van der Waals surface area contributed by atoms with Crippen molar-refractivity contribution < 1.29 is 4.79 Å². The van der Waals surface area contributed by atoms with Crippen molar-refractivity contribution in [3.63, 3.8) is 0 Å². The first-order chi connectivity index (χ1) is 9.84. The van der Waals surface area contributed by atoms with E-state index in [1.165, 1.54) is 5.56 Å². The summed E-state index contributed by atoms with van der Waals surface area (Å²) in [5, 5.41) is 10.4. The predicted octanol–water partition coefficient (Wildman–Crippen LogP) is 1.92. The molecule has 0 saturated carbocycles. The molecular weight excluding hydrogens is 284 g/mol. The van der Waals surface area contributed by atoms with Gasteiger partial charge in [0.1, 0.15) is 0 Å². The standard InChI is InChI=1S/C15H26N4OS/c1-15(2,3)13(20)17-7-8-18-14(16-4)19(5)10-12-6-9-21-11-12/h6,9,11H,7-8,10H2,1-5H3,(H,16,18)(H,17,20).